The first kappa shape index (κ1) is 22.1. The van der Waals surface area contributed by atoms with Gasteiger partial charge in [-0.25, -0.2) is 9.78 Å². The van der Waals surface area contributed by atoms with Crippen molar-refractivity contribution in [1.29, 1.82) is 0 Å². The fraction of sp³-hybridized carbons (Fsp3) is 0.364. The van der Waals surface area contributed by atoms with Crippen LogP contribution in [0.25, 0.3) is 11.0 Å². The van der Waals surface area contributed by atoms with Crippen molar-refractivity contribution in [3.63, 3.8) is 0 Å². The Labute approximate surface area is 180 Å². The summed E-state index contributed by atoms with van der Waals surface area (Å²) in [5.41, 5.74) is 3.65. The third kappa shape index (κ3) is 5.98. The minimum absolute atomic E-state index is 0.0526. The summed E-state index contributed by atoms with van der Waals surface area (Å²) in [6, 6.07) is 15.4. The standard InChI is InChI=1S/C22H27N3O4S/c1-30-13-12-28-16-25-20(24-19-9-5-8-18(10-11-26)21(19)25)14-23-22(27)29-15-17-6-3-2-4-7-17/h2-9,26H,10-16H2,1H3,(H,23,27). The Morgan fingerprint density at radius 3 is 2.80 bits per heavy atom. The third-order valence-corrected chi connectivity index (χ3v) is 5.14. The average molecular weight is 430 g/mol. The molecule has 0 aliphatic carbocycles. The topological polar surface area (TPSA) is 85.6 Å². The summed E-state index contributed by atoms with van der Waals surface area (Å²) < 4.78 is 13.0. The summed E-state index contributed by atoms with van der Waals surface area (Å²) in [5.74, 6) is 1.58. The number of rotatable bonds is 11. The van der Waals surface area contributed by atoms with E-state index in [0.717, 1.165) is 27.9 Å². The maximum Gasteiger partial charge on any atom is 0.407 e. The van der Waals surface area contributed by atoms with Gasteiger partial charge in [0.15, 0.2) is 0 Å². The van der Waals surface area contributed by atoms with Crippen LogP contribution in [0.2, 0.25) is 0 Å². The molecule has 2 aromatic carbocycles. The number of aromatic nitrogens is 2. The zero-order valence-corrected chi connectivity index (χ0v) is 17.9. The van der Waals surface area contributed by atoms with Crippen LogP contribution in [-0.4, -0.2) is 46.0 Å². The number of aliphatic hydroxyl groups excluding tert-OH is 1. The Hall–Kier alpha value is -2.55. The molecule has 3 aromatic rings. The summed E-state index contributed by atoms with van der Waals surface area (Å²) in [4.78, 5) is 16.8. The number of aliphatic hydroxyl groups is 1. The van der Waals surface area contributed by atoms with Gasteiger partial charge < -0.3 is 24.5 Å². The minimum atomic E-state index is -0.503. The summed E-state index contributed by atoms with van der Waals surface area (Å²) in [6.07, 6.45) is 2.06. The van der Waals surface area contributed by atoms with Gasteiger partial charge in [0.05, 0.1) is 24.2 Å². The lowest BCUT2D eigenvalue weighted by Gasteiger charge is -2.13. The van der Waals surface area contributed by atoms with Crippen LogP contribution in [0.1, 0.15) is 17.0 Å². The van der Waals surface area contributed by atoms with Gasteiger partial charge in [-0.2, -0.15) is 11.8 Å². The van der Waals surface area contributed by atoms with Crippen LogP contribution < -0.4 is 5.32 Å². The van der Waals surface area contributed by atoms with E-state index in [1.165, 1.54) is 0 Å². The van der Waals surface area contributed by atoms with Gasteiger partial charge in [0.2, 0.25) is 0 Å². The molecule has 0 unspecified atom stereocenters. The van der Waals surface area contributed by atoms with Crippen molar-refractivity contribution in [3.8, 4) is 0 Å². The Balaban J connectivity index is 1.71. The highest BCUT2D eigenvalue weighted by Crippen LogP contribution is 2.21. The fourth-order valence-electron chi connectivity index (χ4n) is 3.13. The van der Waals surface area contributed by atoms with Gasteiger partial charge in [0, 0.05) is 12.4 Å². The van der Waals surface area contributed by atoms with E-state index in [1.54, 1.807) is 11.8 Å². The average Bonchev–Trinajstić information content (AvgIpc) is 3.13. The first-order chi connectivity index (χ1) is 14.7. The van der Waals surface area contributed by atoms with Crippen LogP contribution in [0.4, 0.5) is 4.79 Å². The van der Waals surface area contributed by atoms with Gasteiger partial charge in [-0.05, 0) is 29.9 Å². The smallest absolute Gasteiger partial charge is 0.407 e. The second kappa shape index (κ2) is 11.6. The van der Waals surface area contributed by atoms with Crippen LogP contribution in [0.15, 0.2) is 48.5 Å². The number of thioether (sulfide) groups is 1. The molecule has 1 aromatic heterocycles. The van der Waals surface area contributed by atoms with Crippen LogP contribution in [0, 0.1) is 0 Å². The van der Waals surface area contributed by atoms with Gasteiger partial charge >= 0.3 is 6.09 Å². The molecule has 0 aliphatic rings. The molecule has 0 fully saturated rings. The lowest BCUT2D eigenvalue weighted by Crippen LogP contribution is -2.25. The van der Waals surface area contributed by atoms with Crippen molar-refractivity contribution in [2.45, 2.75) is 26.3 Å². The molecule has 3 rings (SSSR count). The van der Waals surface area contributed by atoms with E-state index in [4.69, 9.17) is 9.47 Å². The number of hydrogen-bond acceptors (Lipinski definition) is 6. The van der Waals surface area contributed by atoms with Gasteiger partial charge in [-0.15, -0.1) is 0 Å². The second-order valence-electron chi connectivity index (χ2n) is 6.66. The molecule has 0 saturated carbocycles. The Bertz CT molecular complexity index is 946. The number of para-hydroxylation sites is 1. The van der Waals surface area contributed by atoms with Crippen molar-refractivity contribution in [3.05, 3.63) is 65.5 Å². The number of nitrogens with one attached hydrogen (secondary N) is 1. The second-order valence-corrected chi connectivity index (χ2v) is 7.65. The minimum Gasteiger partial charge on any atom is -0.445 e. The molecule has 0 saturated heterocycles. The van der Waals surface area contributed by atoms with Gasteiger partial charge in [0.1, 0.15) is 19.2 Å². The van der Waals surface area contributed by atoms with Crippen molar-refractivity contribution < 1.29 is 19.4 Å². The van der Waals surface area contributed by atoms with Gasteiger partial charge in [-0.3, -0.25) is 0 Å². The molecule has 2 N–H and O–H groups in total. The van der Waals surface area contributed by atoms with E-state index in [9.17, 15) is 9.90 Å². The molecule has 160 valence electrons. The highest BCUT2D eigenvalue weighted by molar-refractivity contribution is 7.98. The molecule has 0 spiro atoms. The molecule has 0 atom stereocenters. The first-order valence-electron chi connectivity index (χ1n) is 9.82. The Morgan fingerprint density at radius 1 is 1.20 bits per heavy atom. The first-order valence-corrected chi connectivity index (χ1v) is 11.2. The largest absolute Gasteiger partial charge is 0.445 e. The van der Waals surface area contributed by atoms with Crippen LogP contribution >= 0.6 is 11.8 Å². The predicted molar refractivity (Wildman–Crippen MR) is 118 cm³/mol. The zero-order valence-electron chi connectivity index (χ0n) is 17.0. The molecular formula is C22H27N3O4S. The number of alkyl carbamates (subject to hydrolysis) is 1. The number of nitrogens with zero attached hydrogens (tertiary/aromatic N) is 2. The number of carbonyl (C=O) groups excluding carboxylic acids is 1. The van der Waals surface area contributed by atoms with E-state index < -0.39 is 6.09 Å². The van der Waals surface area contributed by atoms with Crippen molar-refractivity contribution in [2.75, 3.05) is 25.2 Å². The highest BCUT2D eigenvalue weighted by Gasteiger charge is 2.15. The molecule has 1 heterocycles. The quantitative estimate of drug-likeness (QED) is 0.455. The number of ether oxygens (including phenoxy) is 2. The molecular weight excluding hydrogens is 402 g/mol. The predicted octanol–water partition coefficient (Wildman–Crippen LogP) is 3.33. The Morgan fingerprint density at radius 2 is 2.03 bits per heavy atom. The van der Waals surface area contributed by atoms with Crippen molar-refractivity contribution in [2.24, 2.45) is 0 Å². The van der Waals surface area contributed by atoms with Crippen molar-refractivity contribution in [1.82, 2.24) is 14.9 Å². The lowest BCUT2D eigenvalue weighted by molar-refractivity contribution is 0.0899. The van der Waals surface area contributed by atoms with E-state index in [0.29, 0.717) is 25.6 Å². The zero-order chi connectivity index (χ0) is 21.2. The number of benzene rings is 2. The van der Waals surface area contributed by atoms with E-state index >= 15 is 0 Å². The third-order valence-electron chi connectivity index (χ3n) is 4.57. The van der Waals surface area contributed by atoms with E-state index in [1.807, 2.05) is 59.4 Å². The SMILES string of the molecule is CSCCOCn1c(CNC(=O)OCc2ccccc2)nc2cccc(CCO)c21. The number of amides is 1. The maximum atomic E-state index is 12.1. The van der Waals surface area contributed by atoms with Gasteiger partial charge in [0.25, 0.3) is 0 Å². The fourth-order valence-corrected chi connectivity index (χ4v) is 3.41. The molecule has 8 heteroatoms. The van der Waals surface area contributed by atoms with E-state index in [2.05, 4.69) is 10.3 Å². The molecule has 0 bridgehead atoms. The van der Waals surface area contributed by atoms with Crippen LogP contribution in [-0.2, 0) is 35.8 Å². The summed E-state index contributed by atoms with van der Waals surface area (Å²) in [6.45, 7) is 1.43. The van der Waals surface area contributed by atoms with E-state index in [-0.39, 0.29) is 19.8 Å². The molecule has 0 aliphatic heterocycles. The molecule has 30 heavy (non-hydrogen) atoms. The number of carbonyl (C=O) groups is 1. The monoisotopic (exact) mass is 429 g/mol. The summed E-state index contributed by atoms with van der Waals surface area (Å²) >= 11 is 1.72. The van der Waals surface area contributed by atoms with Crippen LogP contribution in [0.5, 0.6) is 0 Å². The number of hydrogen-bond donors (Lipinski definition) is 2. The highest BCUT2D eigenvalue weighted by atomic mass is 32.2. The molecule has 0 radical (unpaired) electrons. The summed E-state index contributed by atoms with van der Waals surface area (Å²) in [7, 11) is 0. The molecule has 1 amide bonds. The van der Waals surface area contributed by atoms with Crippen molar-refractivity contribution >= 4 is 28.9 Å². The maximum absolute atomic E-state index is 12.1. The normalized spacial score (nSPS) is 11.0. The number of imidazole rings is 1. The summed E-state index contributed by atoms with van der Waals surface area (Å²) in [5, 5.41) is 12.2. The number of fused-ring (bicyclic) bond motifs is 1. The van der Waals surface area contributed by atoms with Gasteiger partial charge in [-0.1, -0.05) is 42.5 Å². The lowest BCUT2D eigenvalue weighted by atomic mass is 10.1. The van der Waals surface area contributed by atoms with Crippen LogP contribution in [0.3, 0.4) is 0 Å². The molecule has 7 nitrogen and oxygen atoms in total. The Kier molecular flexibility index (Phi) is 8.55.